The van der Waals surface area contributed by atoms with Crippen molar-refractivity contribution in [2.45, 2.75) is 52.1 Å². The quantitative estimate of drug-likeness (QED) is 0.743. The minimum Gasteiger partial charge on any atom is -0.444 e. The fourth-order valence-electron chi connectivity index (χ4n) is 2.88. The Morgan fingerprint density at radius 2 is 2.04 bits per heavy atom. The number of rotatable bonds is 3. The summed E-state index contributed by atoms with van der Waals surface area (Å²) in [6.45, 7) is 9.08. The molecule has 2 aromatic rings. The van der Waals surface area contributed by atoms with E-state index in [1.807, 2.05) is 62.7 Å². The summed E-state index contributed by atoms with van der Waals surface area (Å²) in [5.74, 6) is 0.377. The van der Waals surface area contributed by atoms with Crippen molar-refractivity contribution in [3.05, 3.63) is 35.1 Å². The van der Waals surface area contributed by atoms with Crippen LogP contribution in [0.1, 0.15) is 57.2 Å². The van der Waals surface area contributed by atoms with Crippen LogP contribution in [0.3, 0.4) is 0 Å². The highest BCUT2D eigenvalue weighted by atomic mass is 32.1. The van der Waals surface area contributed by atoms with E-state index in [2.05, 4.69) is 4.98 Å². The van der Waals surface area contributed by atoms with Crippen molar-refractivity contribution in [3.63, 3.8) is 0 Å². The van der Waals surface area contributed by atoms with Gasteiger partial charge in [-0.05, 0) is 46.6 Å². The first kappa shape index (κ1) is 18.6. The maximum Gasteiger partial charge on any atom is 0.410 e. The zero-order chi connectivity index (χ0) is 18.7. The zero-order valence-corrected chi connectivity index (χ0v) is 16.6. The number of fused-ring (bicyclic) bond motifs is 1. The molecule has 0 saturated carbocycles. The Hall–Kier alpha value is -2.15. The number of ether oxygens (including phenoxy) is 1. The molecule has 0 bridgehead atoms. The molecule has 0 atom stereocenters. The molecule has 0 radical (unpaired) electrons. The molecule has 3 rings (SSSR count). The summed E-state index contributed by atoms with van der Waals surface area (Å²) in [7, 11) is 0. The molecule has 1 aliphatic heterocycles. The second-order valence-electron chi connectivity index (χ2n) is 7.46. The summed E-state index contributed by atoms with van der Waals surface area (Å²) in [6, 6.07) is 0. The van der Waals surface area contributed by atoms with E-state index in [9.17, 15) is 4.79 Å². The number of likely N-dealkylation sites (tertiary alicyclic amines) is 1. The number of aromatic nitrogens is 3. The van der Waals surface area contributed by atoms with Crippen LogP contribution in [0, 0.1) is 0 Å². The molecule has 1 fully saturated rings. The smallest absolute Gasteiger partial charge is 0.410 e. The summed E-state index contributed by atoms with van der Waals surface area (Å²) in [6.07, 6.45) is 11.4. The van der Waals surface area contributed by atoms with Gasteiger partial charge in [-0.15, -0.1) is 0 Å². The molecule has 1 saturated heterocycles. The molecule has 6 nitrogen and oxygen atoms in total. The lowest BCUT2D eigenvalue weighted by molar-refractivity contribution is 0.0204. The van der Waals surface area contributed by atoms with E-state index in [4.69, 9.17) is 9.84 Å². The fraction of sp³-hybridized carbons (Fsp3) is 0.526. The van der Waals surface area contributed by atoms with Crippen LogP contribution in [0.15, 0.2) is 24.4 Å². The van der Waals surface area contributed by atoms with Gasteiger partial charge in [-0.1, -0.05) is 29.6 Å². The summed E-state index contributed by atoms with van der Waals surface area (Å²) in [4.78, 5) is 19.5. The average Bonchev–Trinajstić information content (AvgIpc) is 3.12. The summed E-state index contributed by atoms with van der Waals surface area (Å²) in [5.41, 5.74) is 0.460. The molecule has 0 unspecified atom stereocenters. The number of nitrogens with zero attached hydrogens (tertiary/aromatic N) is 4. The average molecular weight is 375 g/mol. The Morgan fingerprint density at radius 1 is 1.31 bits per heavy atom. The van der Waals surface area contributed by atoms with Crippen molar-refractivity contribution in [3.8, 4) is 0 Å². The summed E-state index contributed by atoms with van der Waals surface area (Å²) < 4.78 is 7.31. The van der Waals surface area contributed by atoms with Crippen molar-refractivity contribution >= 4 is 28.5 Å². The van der Waals surface area contributed by atoms with Crippen molar-refractivity contribution in [1.82, 2.24) is 19.5 Å². The number of amides is 1. The highest BCUT2D eigenvalue weighted by molar-refractivity contribution is 7.16. The second kappa shape index (κ2) is 7.61. The molecule has 3 heterocycles. The number of piperidine rings is 1. The Labute approximate surface area is 158 Å². The number of allylic oxidation sites excluding steroid dienone is 3. The Morgan fingerprint density at radius 3 is 2.65 bits per heavy atom. The first-order chi connectivity index (χ1) is 12.4. The Bertz CT molecular complexity index is 789. The third-order valence-corrected chi connectivity index (χ3v) is 5.23. The SMILES string of the molecule is C/C=C/C=C/c1cn2nc(C3CCN(C(=O)OC(C)(C)C)CC3)sc2n1. The van der Waals surface area contributed by atoms with Gasteiger partial charge in [0.15, 0.2) is 0 Å². The predicted octanol–water partition coefficient (Wildman–Crippen LogP) is 4.49. The van der Waals surface area contributed by atoms with Gasteiger partial charge in [0.2, 0.25) is 4.96 Å². The van der Waals surface area contributed by atoms with Gasteiger partial charge in [0.25, 0.3) is 0 Å². The van der Waals surface area contributed by atoms with E-state index >= 15 is 0 Å². The zero-order valence-electron chi connectivity index (χ0n) is 15.8. The second-order valence-corrected chi connectivity index (χ2v) is 8.45. The molecule has 0 spiro atoms. The van der Waals surface area contributed by atoms with E-state index in [1.165, 1.54) is 0 Å². The molecule has 0 N–H and O–H groups in total. The molecule has 140 valence electrons. The van der Waals surface area contributed by atoms with Crippen LogP contribution in [-0.4, -0.2) is 44.3 Å². The van der Waals surface area contributed by atoms with E-state index in [0.29, 0.717) is 19.0 Å². The van der Waals surface area contributed by atoms with Gasteiger partial charge in [0.1, 0.15) is 10.6 Å². The van der Waals surface area contributed by atoms with E-state index in [0.717, 1.165) is 28.5 Å². The number of carbonyl (C=O) groups excluding carboxylic acids is 1. The number of carbonyl (C=O) groups is 1. The highest BCUT2D eigenvalue weighted by Crippen LogP contribution is 2.31. The third kappa shape index (κ3) is 4.52. The molecular formula is C19H26N4O2S. The minimum atomic E-state index is -0.451. The molecule has 26 heavy (non-hydrogen) atoms. The predicted molar refractivity (Wildman–Crippen MR) is 104 cm³/mol. The van der Waals surface area contributed by atoms with Gasteiger partial charge in [-0.2, -0.15) is 5.10 Å². The first-order valence-corrected chi connectivity index (χ1v) is 9.81. The Balaban J connectivity index is 1.61. The van der Waals surface area contributed by atoms with Crippen molar-refractivity contribution in [1.29, 1.82) is 0 Å². The van der Waals surface area contributed by atoms with Gasteiger partial charge < -0.3 is 9.64 Å². The number of hydrogen-bond donors (Lipinski definition) is 0. The monoisotopic (exact) mass is 374 g/mol. The lowest BCUT2D eigenvalue weighted by Gasteiger charge is -2.32. The van der Waals surface area contributed by atoms with Crippen LogP contribution in [0.5, 0.6) is 0 Å². The van der Waals surface area contributed by atoms with Crippen molar-refractivity contribution in [2.24, 2.45) is 0 Å². The van der Waals surface area contributed by atoms with Crippen LogP contribution in [0.4, 0.5) is 4.79 Å². The van der Waals surface area contributed by atoms with Crippen LogP contribution in [0.25, 0.3) is 11.0 Å². The van der Waals surface area contributed by atoms with E-state index in [-0.39, 0.29) is 6.09 Å². The lowest BCUT2D eigenvalue weighted by atomic mass is 9.98. The van der Waals surface area contributed by atoms with Gasteiger partial charge in [-0.3, -0.25) is 0 Å². The molecule has 2 aromatic heterocycles. The summed E-state index contributed by atoms with van der Waals surface area (Å²) >= 11 is 1.64. The molecule has 0 aliphatic carbocycles. The number of hydrogen-bond acceptors (Lipinski definition) is 5. The third-order valence-electron chi connectivity index (χ3n) is 4.14. The van der Waals surface area contributed by atoms with Gasteiger partial charge >= 0.3 is 6.09 Å². The van der Waals surface area contributed by atoms with Gasteiger partial charge in [0, 0.05) is 19.0 Å². The van der Waals surface area contributed by atoms with Crippen LogP contribution >= 0.6 is 11.3 Å². The molecule has 0 aromatic carbocycles. The number of imidazole rings is 1. The maximum absolute atomic E-state index is 12.2. The van der Waals surface area contributed by atoms with Gasteiger partial charge in [0.05, 0.1) is 11.9 Å². The van der Waals surface area contributed by atoms with E-state index in [1.54, 1.807) is 16.2 Å². The molecule has 1 amide bonds. The first-order valence-electron chi connectivity index (χ1n) is 8.99. The highest BCUT2D eigenvalue weighted by Gasteiger charge is 2.29. The summed E-state index contributed by atoms with van der Waals surface area (Å²) in [5, 5.41) is 5.80. The minimum absolute atomic E-state index is 0.220. The normalized spacial score (nSPS) is 17.0. The maximum atomic E-state index is 12.2. The molecule has 1 aliphatic rings. The van der Waals surface area contributed by atoms with Crippen LogP contribution in [-0.2, 0) is 4.74 Å². The largest absolute Gasteiger partial charge is 0.444 e. The fourth-order valence-corrected chi connectivity index (χ4v) is 3.93. The Kier molecular flexibility index (Phi) is 5.46. The van der Waals surface area contributed by atoms with E-state index < -0.39 is 5.60 Å². The topological polar surface area (TPSA) is 59.7 Å². The lowest BCUT2D eigenvalue weighted by Crippen LogP contribution is -2.41. The molecule has 7 heteroatoms. The molecular weight excluding hydrogens is 348 g/mol. The van der Waals surface area contributed by atoms with Crippen LogP contribution < -0.4 is 0 Å². The standard InChI is InChI=1S/C19H26N4O2S/c1-5-6-7-8-15-13-23-17(20-15)26-16(21-23)14-9-11-22(12-10-14)18(24)25-19(2,3)4/h5-8,13-14H,9-12H2,1-4H3/b6-5+,8-7+. The van der Waals surface area contributed by atoms with Crippen LogP contribution in [0.2, 0.25) is 0 Å². The van der Waals surface area contributed by atoms with Gasteiger partial charge in [-0.25, -0.2) is 14.3 Å². The van der Waals surface area contributed by atoms with Crippen molar-refractivity contribution in [2.75, 3.05) is 13.1 Å². The van der Waals surface area contributed by atoms with Crippen molar-refractivity contribution < 1.29 is 9.53 Å².